The van der Waals surface area contributed by atoms with Gasteiger partial charge in [0, 0.05) is 22.4 Å². The molecule has 0 atom stereocenters. The highest BCUT2D eigenvalue weighted by Crippen LogP contribution is 2.31. The van der Waals surface area contributed by atoms with Crippen molar-refractivity contribution in [2.45, 2.75) is 17.0 Å². The second kappa shape index (κ2) is 7.99. The number of nitrogens with one attached hydrogen (secondary N) is 1. The molecule has 0 unspecified atom stereocenters. The lowest BCUT2D eigenvalue weighted by atomic mass is 10.2. The smallest absolute Gasteiger partial charge is 0.210 e. The van der Waals surface area contributed by atoms with Crippen molar-refractivity contribution in [3.8, 4) is 10.6 Å². The third kappa shape index (κ3) is 4.30. The summed E-state index contributed by atoms with van der Waals surface area (Å²) in [6.07, 6.45) is 0. The van der Waals surface area contributed by atoms with E-state index in [0.717, 1.165) is 37.2 Å². The van der Waals surface area contributed by atoms with Crippen molar-refractivity contribution in [2.75, 3.05) is 5.32 Å². The zero-order valence-corrected chi connectivity index (χ0v) is 16.5. The van der Waals surface area contributed by atoms with Gasteiger partial charge in [0.2, 0.25) is 5.13 Å². The van der Waals surface area contributed by atoms with Crippen LogP contribution in [0.15, 0.2) is 64.3 Å². The van der Waals surface area contributed by atoms with E-state index in [1.807, 2.05) is 30.3 Å². The van der Waals surface area contributed by atoms with Gasteiger partial charge in [-0.25, -0.2) is 4.98 Å². The number of anilines is 2. The maximum atomic E-state index is 4.72. The second-order valence-electron chi connectivity index (χ2n) is 5.66. The number of thioether (sulfide) groups is 1. The molecule has 0 aliphatic heterocycles. The fourth-order valence-electron chi connectivity index (χ4n) is 2.30. The fourth-order valence-corrected chi connectivity index (χ4v) is 4.90. The van der Waals surface area contributed by atoms with Crippen molar-refractivity contribution in [3.05, 3.63) is 71.2 Å². The molecule has 0 aliphatic carbocycles. The minimum absolute atomic E-state index is 0.794. The average Bonchev–Trinajstić information content (AvgIpc) is 3.32. The summed E-state index contributed by atoms with van der Waals surface area (Å²) in [5.74, 6) is 0.794. The molecule has 2 aromatic carbocycles. The maximum Gasteiger partial charge on any atom is 0.210 e. The van der Waals surface area contributed by atoms with Crippen LogP contribution in [0.3, 0.4) is 0 Å². The van der Waals surface area contributed by atoms with Gasteiger partial charge in [-0.1, -0.05) is 71.1 Å². The number of hydrogen-bond donors (Lipinski definition) is 1. The monoisotopic (exact) mass is 396 g/mol. The van der Waals surface area contributed by atoms with Gasteiger partial charge < -0.3 is 5.32 Å². The minimum Gasteiger partial charge on any atom is -0.330 e. The molecular weight excluding hydrogens is 380 g/mol. The molecule has 1 N–H and O–H groups in total. The Morgan fingerprint density at radius 3 is 2.62 bits per heavy atom. The van der Waals surface area contributed by atoms with Crippen LogP contribution in [0.25, 0.3) is 10.6 Å². The third-order valence-corrected chi connectivity index (χ3v) is 6.57. The first-order valence-electron chi connectivity index (χ1n) is 8.06. The fraction of sp³-hybridized carbons (Fsp3) is 0.105. The molecule has 4 nitrogen and oxygen atoms in total. The SMILES string of the molecule is Cc1ccc(Nc2nnc(SCc3csc(-c4ccccc4)n3)s2)cc1. The predicted molar refractivity (Wildman–Crippen MR) is 111 cm³/mol. The van der Waals surface area contributed by atoms with Crippen LogP contribution in [-0.4, -0.2) is 15.2 Å². The number of benzene rings is 2. The van der Waals surface area contributed by atoms with E-state index >= 15 is 0 Å². The number of hydrogen-bond acceptors (Lipinski definition) is 7. The van der Waals surface area contributed by atoms with Gasteiger partial charge in [0.25, 0.3) is 0 Å². The maximum absolute atomic E-state index is 4.72. The molecular formula is C19H16N4S3. The van der Waals surface area contributed by atoms with E-state index in [0.29, 0.717) is 0 Å². The highest BCUT2D eigenvalue weighted by atomic mass is 32.2. The average molecular weight is 397 g/mol. The molecule has 0 bridgehead atoms. The molecule has 130 valence electrons. The first kappa shape index (κ1) is 17.2. The molecule has 4 rings (SSSR count). The lowest BCUT2D eigenvalue weighted by Gasteiger charge is -2.01. The van der Waals surface area contributed by atoms with Crippen molar-refractivity contribution >= 4 is 45.3 Å². The Hall–Kier alpha value is -2.22. The van der Waals surface area contributed by atoms with Gasteiger partial charge in [-0.15, -0.1) is 21.5 Å². The highest BCUT2D eigenvalue weighted by Gasteiger charge is 2.08. The Balaban J connectivity index is 1.36. The van der Waals surface area contributed by atoms with Crippen LogP contribution in [0.2, 0.25) is 0 Å². The van der Waals surface area contributed by atoms with Crippen molar-refractivity contribution < 1.29 is 0 Å². The van der Waals surface area contributed by atoms with E-state index in [4.69, 9.17) is 4.98 Å². The quantitative estimate of drug-likeness (QED) is 0.405. The standard InChI is InChI=1S/C19H16N4S3/c1-13-7-9-15(10-8-13)21-18-22-23-19(26-18)25-12-16-11-24-17(20-16)14-5-3-2-4-6-14/h2-11H,12H2,1H3,(H,21,22). The van der Waals surface area contributed by atoms with Crippen molar-refractivity contribution in [1.29, 1.82) is 0 Å². The summed E-state index contributed by atoms with van der Waals surface area (Å²) >= 11 is 4.90. The van der Waals surface area contributed by atoms with Gasteiger partial charge >= 0.3 is 0 Å². The van der Waals surface area contributed by atoms with Crippen LogP contribution in [0, 0.1) is 6.92 Å². The van der Waals surface area contributed by atoms with Crippen LogP contribution < -0.4 is 5.32 Å². The highest BCUT2D eigenvalue weighted by molar-refractivity contribution is 8.00. The molecule has 4 aromatic rings. The molecule has 0 saturated carbocycles. The first-order valence-corrected chi connectivity index (χ1v) is 10.7. The summed E-state index contributed by atoms with van der Waals surface area (Å²) < 4.78 is 0.939. The molecule has 0 fully saturated rings. The van der Waals surface area contributed by atoms with Crippen LogP contribution in [-0.2, 0) is 5.75 Å². The molecule has 0 saturated heterocycles. The summed E-state index contributed by atoms with van der Waals surface area (Å²) in [5.41, 5.74) is 4.49. The van der Waals surface area contributed by atoms with Gasteiger partial charge in [-0.2, -0.15) is 0 Å². The number of thiazole rings is 1. The second-order valence-corrected chi connectivity index (χ2v) is 8.72. The Morgan fingerprint density at radius 1 is 1.00 bits per heavy atom. The van der Waals surface area contributed by atoms with E-state index < -0.39 is 0 Å². The Labute approximate surface area is 164 Å². The topological polar surface area (TPSA) is 50.7 Å². The Kier molecular flexibility index (Phi) is 5.29. The minimum atomic E-state index is 0.794. The summed E-state index contributed by atoms with van der Waals surface area (Å²) in [4.78, 5) is 4.72. The van der Waals surface area contributed by atoms with E-state index in [9.17, 15) is 0 Å². The molecule has 0 radical (unpaired) electrons. The Bertz CT molecular complexity index is 977. The van der Waals surface area contributed by atoms with Crippen LogP contribution in [0.1, 0.15) is 11.3 Å². The van der Waals surface area contributed by atoms with Crippen molar-refractivity contribution in [2.24, 2.45) is 0 Å². The van der Waals surface area contributed by atoms with Crippen molar-refractivity contribution in [1.82, 2.24) is 15.2 Å². The van der Waals surface area contributed by atoms with Gasteiger partial charge in [0.05, 0.1) is 5.69 Å². The number of aryl methyl sites for hydroxylation is 1. The Morgan fingerprint density at radius 2 is 1.81 bits per heavy atom. The molecule has 0 amide bonds. The summed E-state index contributed by atoms with van der Waals surface area (Å²) in [5, 5.41) is 15.7. The van der Waals surface area contributed by atoms with Crippen LogP contribution in [0.4, 0.5) is 10.8 Å². The molecule has 2 heterocycles. The number of aromatic nitrogens is 3. The van der Waals surface area contributed by atoms with Gasteiger partial charge in [-0.3, -0.25) is 0 Å². The van der Waals surface area contributed by atoms with Crippen LogP contribution in [0.5, 0.6) is 0 Å². The number of nitrogens with zero attached hydrogens (tertiary/aromatic N) is 3. The van der Waals surface area contributed by atoms with Crippen molar-refractivity contribution in [3.63, 3.8) is 0 Å². The lowest BCUT2D eigenvalue weighted by molar-refractivity contribution is 1.01. The largest absolute Gasteiger partial charge is 0.330 e. The first-order chi connectivity index (χ1) is 12.8. The molecule has 0 aliphatic rings. The van der Waals surface area contributed by atoms with Crippen LogP contribution >= 0.6 is 34.4 Å². The molecule has 2 aromatic heterocycles. The predicted octanol–water partition coefficient (Wildman–Crippen LogP) is 6.01. The number of rotatable bonds is 6. The summed E-state index contributed by atoms with van der Waals surface area (Å²) in [7, 11) is 0. The van der Waals surface area contributed by atoms with Gasteiger partial charge in [-0.05, 0) is 19.1 Å². The normalized spacial score (nSPS) is 10.8. The molecule has 26 heavy (non-hydrogen) atoms. The van der Waals surface area contributed by atoms with E-state index in [1.165, 1.54) is 5.56 Å². The summed E-state index contributed by atoms with van der Waals surface area (Å²) in [6.45, 7) is 2.07. The van der Waals surface area contributed by atoms with Gasteiger partial charge in [0.1, 0.15) is 5.01 Å². The lowest BCUT2D eigenvalue weighted by Crippen LogP contribution is -1.88. The zero-order valence-electron chi connectivity index (χ0n) is 14.0. The van der Waals surface area contributed by atoms with E-state index in [1.54, 1.807) is 34.4 Å². The zero-order chi connectivity index (χ0) is 17.8. The van der Waals surface area contributed by atoms with E-state index in [-0.39, 0.29) is 0 Å². The van der Waals surface area contributed by atoms with E-state index in [2.05, 4.69) is 52.1 Å². The molecule has 7 heteroatoms. The van der Waals surface area contributed by atoms with Gasteiger partial charge in [0.15, 0.2) is 4.34 Å². The summed E-state index contributed by atoms with van der Waals surface area (Å²) in [6, 6.07) is 18.5. The third-order valence-electron chi connectivity index (χ3n) is 3.63. The molecule has 0 spiro atoms.